The van der Waals surface area contributed by atoms with Crippen LogP contribution in [0.15, 0.2) is 54.9 Å². The topological polar surface area (TPSA) is 69.9 Å². The predicted octanol–water partition coefficient (Wildman–Crippen LogP) is 3.89. The third-order valence-corrected chi connectivity index (χ3v) is 5.79. The Hall–Kier alpha value is -2.67. The largest absolute Gasteiger partial charge is 0.296 e. The molecule has 1 aliphatic heterocycles. The summed E-state index contributed by atoms with van der Waals surface area (Å²) in [7, 11) is 0. The van der Waals surface area contributed by atoms with Gasteiger partial charge in [-0.3, -0.25) is 14.9 Å². The van der Waals surface area contributed by atoms with Crippen molar-refractivity contribution in [1.82, 2.24) is 20.0 Å². The molecule has 29 heavy (non-hydrogen) atoms. The van der Waals surface area contributed by atoms with E-state index >= 15 is 0 Å². The summed E-state index contributed by atoms with van der Waals surface area (Å²) in [6.07, 6.45) is 9.99. The summed E-state index contributed by atoms with van der Waals surface area (Å²) in [5.41, 5.74) is 5.92. The highest BCUT2D eigenvalue weighted by Gasteiger charge is 2.27. The Bertz CT molecular complexity index is 1050. The van der Waals surface area contributed by atoms with Gasteiger partial charge in [-0.15, -0.1) is 0 Å². The average Bonchev–Trinajstić information content (AvgIpc) is 3.37. The van der Waals surface area contributed by atoms with Gasteiger partial charge in [0.2, 0.25) is 0 Å². The van der Waals surface area contributed by atoms with E-state index in [2.05, 4.69) is 16.1 Å². The lowest BCUT2D eigenvalue weighted by Gasteiger charge is -2.25. The van der Waals surface area contributed by atoms with Crippen molar-refractivity contribution in [3.8, 4) is 0 Å². The van der Waals surface area contributed by atoms with Crippen molar-refractivity contribution in [3.05, 3.63) is 76.6 Å². The molecule has 0 saturated carbocycles. The summed E-state index contributed by atoms with van der Waals surface area (Å²) in [5.74, 6) is -0.570. The molecule has 1 saturated heterocycles. The predicted molar refractivity (Wildman–Crippen MR) is 113 cm³/mol. The van der Waals surface area contributed by atoms with E-state index in [0.717, 1.165) is 49.0 Å². The van der Waals surface area contributed by atoms with Gasteiger partial charge in [-0.1, -0.05) is 29.8 Å². The highest BCUT2D eigenvalue weighted by molar-refractivity contribution is 6.31. The number of hydrogen-bond acceptors (Lipinski definition) is 4. The van der Waals surface area contributed by atoms with Crippen molar-refractivity contribution in [2.24, 2.45) is 0 Å². The molecule has 0 unspecified atom stereocenters. The molecule has 0 bridgehead atoms. The lowest BCUT2D eigenvalue weighted by Crippen LogP contribution is -2.26. The molecule has 3 heterocycles. The van der Waals surface area contributed by atoms with E-state index in [1.807, 2.05) is 47.2 Å². The van der Waals surface area contributed by atoms with Crippen LogP contribution in [0.3, 0.4) is 0 Å². The highest BCUT2D eigenvalue weighted by atomic mass is 35.5. The number of aromatic nitrogens is 2. The monoisotopic (exact) mass is 410 g/mol. The van der Waals surface area contributed by atoms with Gasteiger partial charge in [0, 0.05) is 29.9 Å². The third-order valence-electron chi connectivity index (χ3n) is 5.46. The number of amides is 1. The summed E-state index contributed by atoms with van der Waals surface area (Å²) in [5, 5.41) is 13.7. The number of fused-ring (bicyclic) bond motifs is 1. The third kappa shape index (κ3) is 4.34. The van der Waals surface area contributed by atoms with E-state index in [-0.39, 0.29) is 0 Å². The number of likely N-dealkylation sites (tertiary alicyclic amines) is 1. The first-order chi connectivity index (χ1) is 14.2. The SMILES string of the molecule is O=C(/C=C/c1ccc([C@@H]2CCCN2CCc2cnn3ccccc23)c(Cl)c1)NO. The van der Waals surface area contributed by atoms with Gasteiger partial charge in [0.25, 0.3) is 5.91 Å². The minimum absolute atomic E-state index is 0.295. The maximum Gasteiger partial charge on any atom is 0.267 e. The first-order valence-electron chi connectivity index (χ1n) is 9.72. The molecule has 150 valence electrons. The molecule has 4 rings (SSSR count). The molecule has 2 aromatic heterocycles. The minimum Gasteiger partial charge on any atom is -0.296 e. The Morgan fingerprint density at radius 1 is 1.34 bits per heavy atom. The zero-order valence-corrected chi connectivity index (χ0v) is 16.7. The maximum atomic E-state index is 11.1. The summed E-state index contributed by atoms with van der Waals surface area (Å²) in [6.45, 7) is 2.01. The maximum absolute atomic E-state index is 11.1. The number of nitrogens with zero attached hydrogens (tertiary/aromatic N) is 3. The molecule has 3 aromatic rings. The van der Waals surface area contributed by atoms with Gasteiger partial charge < -0.3 is 0 Å². The van der Waals surface area contributed by atoms with E-state index in [9.17, 15) is 4.79 Å². The Labute approximate surface area is 174 Å². The van der Waals surface area contributed by atoms with Crippen molar-refractivity contribution < 1.29 is 10.0 Å². The van der Waals surface area contributed by atoms with Crippen molar-refractivity contribution in [2.75, 3.05) is 13.1 Å². The van der Waals surface area contributed by atoms with Crippen LogP contribution in [0.5, 0.6) is 0 Å². The Morgan fingerprint density at radius 2 is 2.24 bits per heavy atom. The lowest BCUT2D eigenvalue weighted by atomic mass is 10.0. The molecule has 1 atom stereocenters. The highest BCUT2D eigenvalue weighted by Crippen LogP contribution is 2.36. The molecule has 6 nitrogen and oxygen atoms in total. The van der Waals surface area contributed by atoms with E-state index < -0.39 is 5.91 Å². The zero-order chi connectivity index (χ0) is 20.2. The average molecular weight is 411 g/mol. The number of halogens is 1. The smallest absolute Gasteiger partial charge is 0.267 e. The van der Waals surface area contributed by atoms with Crippen LogP contribution in [-0.4, -0.2) is 38.7 Å². The van der Waals surface area contributed by atoms with Crippen LogP contribution < -0.4 is 5.48 Å². The molecular weight excluding hydrogens is 388 g/mol. The van der Waals surface area contributed by atoms with E-state index in [1.165, 1.54) is 11.6 Å². The number of benzene rings is 1. The van der Waals surface area contributed by atoms with Crippen LogP contribution in [-0.2, 0) is 11.2 Å². The first kappa shape index (κ1) is 19.6. The van der Waals surface area contributed by atoms with E-state index in [0.29, 0.717) is 11.1 Å². The molecule has 2 N–H and O–H groups in total. The quantitative estimate of drug-likeness (QED) is 0.367. The summed E-state index contributed by atoms with van der Waals surface area (Å²) < 4.78 is 1.91. The second-order valence-corrected chi connectivity index (χ2v) is 7.64. The fourth-order valence-corrected chi connectivity index (χ4v) is 4.33. The Kier molecular flexibility index (Phi) is 5.94. The number of hydroxylamine groups is 1. The van der Waals surface area contributed by atoms with Crippen molar-refractivity contribution in [1.29, 1.82) is 0 Å². The van der Waals surface area contributed by atoms with Crippen LogP contribution in [0.4, 0.5) is 0 Å². The van der Waals surface area contributed by atoms with E-state index in [1.54, 1.807) is 11.6 Å². The molecule has 1 aromatic carbocycles. The second-order valence-electron chi connectivity index (χ2n) is 7.23. The Balaban J connectivity index is 1.46. The summed E-state index contributed by atoms with van der Waals surface area (Å²) in [6, 6.07) is 12.3. The fourth-order valence-electron chi connectivity index (χ4n) is 4.02. The second kappa shape index (κ2) is 8.78. The fraction of sp³-hybridized carbons (Fsp3) is 0.273. The number of carbonyl (C=O) groups is 1. The molecule has 1 aliphatic rings. The number of carbonyl (C=O) groups excluding carboxylic acids is 1. The molecule has 1 amide bonds. The van der Waals surface area contributed by atoms with Crippen LogP contribution in [0.25, 0.3) is 11.6 Å². The van der Waals surface area contributed by atoms with Crippen molar-refractivity contribution in [2.45, 2.75) is 25.3 Å². The number of nitrogens with one attached hydrogen (secondary N) is 1. The van der Waals surface area contributed by atoms with Crippen LogP contribution >= 0.6 is 11.6 Å². The summed E-state index contributed by atoms with van der Waals surface area (Å²) in [4.78, 5) is 13.6. The molecule has 0 spiro atoms. The number of rotatable bonds is 6. The first-order valence-corrected chi connectivity index (χ1v) is 10.1. The molecule has 7 heteroatoms. The minimum atomic E-state index is -0.570. The molecule has 1 fully saturated rings. The van der Waals surface area contributed by atoms with Gasteiger partial charge in [-0.25, -0.2) is 10.00 Å². The van der Waals surface area contributed by atoms with Crippen molar-refractivity contribution >= 4 is 29.1 Å². The van der Waals surface area contributed by atoms with Gasteiger partial charge in [-0.05, 0) is 66.8 Å². The normalized spacial score (nSPS) is 17.4. The van der Waals surface area contributed by atoms with Gasteiger partial charge in [0.15, 0.2) is 0 Å². The number of hydrogen-bond donors (Lipinski definition) is 2. The standard InChI is InChI=1S/C22H23ClN4O2/c23-19-14-16(7-9-22(28)25-29)6-8-18(19)21-5-3-11-26(21)13-10-17-15-24-27-12-2-1-4-20(17)27/h1-2,4,6-9,12,14-15,21,29H,3,5,10-11,13H2,(H,25,28)/b9-7+/t21-/m0/s1. The molecule has 0 aliphatic carbocycles. The molecular formula is C22H23ClN4O2. The van der Waals surface area contributed by atoms with Gasteiger partial charge in [0.05, 0.1) is 11.7 Å². The number of pyridine rings is 1. The van der Waals surface area contributed by atoms with Gasteiger partial charge >= 0.3 is 0 Å². The lowest BCUT2D eigenvalue weighted by molar-refractivity contribution is -0.124. The van der Waals surface area contributed by atoms with Crippen molar-refractivity contribution in [3.63, 3.8) is 0 Å². The molecule has 0 radical (unpaired) electrons. The van der Waals surface area contributed by atoms with Crippen LogP contribution in [0.2, 0.25) is 5.02 Å². The van der Waals surface area contributed by atoms with Gasteiger partial charge in [-0.2, -0.15) is 5.10 Å². The van der Waals surface area contributed by atoms with Gasteiger partial charge in [0.1, 0.15) is 0 Å². The van der Waals surface area contributed by atoms with Crippen LogP contribution in [0, 0.1) is 0 Å². The summed E-state index contributed by atoms with van der Waals surface area (Å²) >= 11 is 6.58. The van der Waals surface area contributed by atoms with Crippen LogP contribution in [0.1, 0.15) is 35.6 Å². The zero-order valence-electron chi connectivity index (χ0n) is 16.0. The Morgan fingerprint density at radius 3 is 3.07 bits per heavy atom. The van der Waals surface area contributed by atoms with E-state index in [4.69, 9.17) is 16.8 Å².